The molecule has 28 heavy (non-hydrogen) atoms. The topological polar surface area (TPSA) is 33.1 Å². The van der Waals surface area contributed by atoms with E-state index in [4.69, 9.17) is 0 Å². The average molecular weight is 412 g/mol. The Kier molecular flexibility index (Phi) is 5.05. The third-order valence-corrected chi connectivity index (χ3v) is 5.82. The molecular weight excluding hydrogens is 392 g/mol. The van der Waals surface area contributed by atoms with Crippen LogP contribution >= 0.6 is 11.3 Å². The van der Waals surface area contributed by atoms with Crippen LogP contribution in [-0.2, 0) is 6.54 Å². The summed E-state index contributed by atoms with van der Waals surface area (Å²) in [6.45, 7) is 0.00936. The molecule has 1 saturated heterocycles. The van der Waals surface area contributed by atoms with Crippen molar-refractivity contribution in [3.63, 3.8) is 0 Å². The van der Waals surface area contributed by atoms with Gasteiger partial charge in [0.15, 0.2) is 0 Å². The van der Waals surface area contributed by atoms with Gasteiger partial charge in [0, 0.05) is 35.7 Å². The Morgan fingerprint density at radius 1 is 1.32 bits per heavy atom. The number of alkyl halides is 4. The minimum absolute atomic E-state index is 0.340. The molecule has 3 aromatic rings. The molecule has 3 heterocycles. The lowest BCUT2D eigenvalue weighted by Gasteiger charge is -2.33. The molecule has 0 bridgehead atoms. The molecule has 0 radical (unpaired) electrons. The molecule has 0 amide bonds. The molecular formula is C19H20F4N4S. The third kappa shape index (κ3) is 3.86. The van der Waals surface area contributed by atoms with Gasteiger partial charge in [-0.25, -0.2) is 9.37 Å². The van der Waals surface area contributed by atoms with Gasteiger partial charge < -0.3 is 14.8 Å². The second-order valence-corrected chi connectivity index (χ2v) is 8.02. The van der Waals surface area contributed by atoms with E-state index in [0.29, 0.717) is 40.3 Å². The summed E-state index contributed by atoms with van der Waals surface area (Å²) in [6.07, 6.45) is -3.19. The summed E-state index contributed by atoms with van der Waals surface area (Å²) in [7, 11) is 1.88. The molecule has 150 valence electrons. The number of thiazole rings is 1. The molecule has 1 aliphatic rings. The molecule has 4 nitrogen and oxygen atoms in total. The molecule has 4 rings (SSSR count). The number of fused-ring (bicyclic) bond motifs is 1. The molecule has 0 spiro atoms. The fourth-order valence-corrected chi connectivity index (χ4v) is 4.37. The van der Waals surface area contributed by atoms with Crippen LogP contribution in [0.15, 0.2) is 35.8 Å². The first kappa shape index (κ1) is 19.2. The first-order valence-corrected chi connectivity index (χ1v) is 9.88. The van der Waals surface area contributed by atoms with Crippen LogP contribution < -0.4 is 5.32 Å². The van der Waals surface area contributed by atoms with E-state index in [-0.39, 0.29) is 6.04 Å². The van der Waals surface area contributed by atoms with E-state index in [1.807, 2.05) is 11.9 Å². The van der Waals surface area contributed by atoms with E-state index in [9.17, 15) is 17.6 Å². The van der Waals surface area contributed by atoms with Gasteiger partial charge in [0.1, 0.15) is 17.7 Å². The van der Waals surface area contributed by atoms with Gasteiger partial charge in [-0.05, 0) is 31.7 Å². The van der Waals surface area contributed by atoms with E-state index in [0.717, 1.165) is 6.54 Å². The number of nitrogens with zero attached hydrogens (tertiary/aromatic N) is 3. The molecule has 0 unspecified atom stereocenters. The van der Waals surface area contributed by atoms with Crippen molar-refractivity contribution in [2.75, 3.05) is 25.5 Å². The van der Waals surface area contributed by atoms with Crippen LogP contribution in [0.1, 0.15) is 6.42 Å². The van der Waals surface area contributed by atoms with E-state index in [1.54, 1.807) is 35.8 Å². The van der Waals surface area contributed by atoms with Gasteiger partial charge in [0.25, 0.3) is 0 Å². The average Bonchev–Trinajstić information content (AvgIpc) is 3.25. The maximum absolute atomic E-state index is 14.4. The standard InChI is InChI=1S/C19H20F4N4S/c1-26-7-5-15(13(20)10-26)25-14-3-2-4-16-12(14)9-17(18-24-6-8-28-18)27(16)11-19(21,22)23/h2-4,6,8-9,13,15,25H,5,7,10-11H2,1H3/t13-,15+/m0/s1. The van der Waals surface area contributed by atoms with Gasteiger partial charge in [0.05, 0.1) is 17.3 Å². The minimum atomic E-state index is -4.36. The SMILES string of the molecule is CN1CC[C@@H](Nc2cccc3c2cc(-c2nccs2)n3CC(F)(F)F)[C@@H](F)C1. The Balaban J connectivity index is 1.76. The molecule has 9 heteroatoms. The number of nitrogens with one attached hydrogen (secondary N) is 1. The Labute approximate surface area is 163 Å². The van der Waals surface area contributed by atoms with Crippen LogP contribution in [0.25, 0.3) is 21.6 Å². The number of likely N-dealkylation sites (tertiary alicyclic amines) is 1. The number of aromatic nitrogens is 2. The van der Waals surface area contributed by atoms with Crippen LogP contribution in [0, 0.1) is 0 Å². The molecule has 2 aromatic heterocycles. The van der Waals surface area contributed by atoms with E-state index in [1.165, 1.54) is 15.9 Å². The normalized spacial score (nSPS) is 21.3. The fraction of sp³-hybridized carbons (Fsp3) is 0.421. The lowest BCUT2D eigenvalue weighted by Crippen LogP contribution is -2.46. The van der Waals surface area contributed by atoms with Crippen LogP contribution in [-0.4, -0.2) is 53.0 Å². The van der Waals surface area contributed by atoms with Gasteiger partial charge in [-0.15, -0.1) is 11.3 Å². The number of piperidine rings is 1. The van der Waals surface area contributed by atoms with Crippen molar-refractivity contribution in [3.05, 3.63) is 35.8 Å². The number of benzene rings is 1. The summed E-state index contributed by atoms with van der Waals surface area (Å²) in [5.41, 5.74) is 1.51. The van der Waals surface area contributed by atoms with Crippen molar-refractivity contribution in [1.82, 2.24) is 14.5 Å². The number of hydrogen-bond acceptors (Lipinski definition) is 4. The Hall–Kier alpha value is -2.13. The Morgan fingerprint density at radius 3 is 2.82 bits per heavy atom. The van der Waals surface area contributed by atoms with Gasteiger partial charge in [-0.3, -0.25) is 0 Å². The van der Waals surface area contributed by atoms with Crippen LogP contribution in [0.4, 0.5) is 23.2 Å². The summed E-state index contributed by atoms with van der Waals surface area (Å²) < 4.78 is 55.4. The Morgan fingerprint density at radius 2 is 2.14 bits per heavy atom. The highest BCUT2D eigenvalue weighted by atomic mass is 32.1. The van der Waals surface area contributed by atoms with E-state index in [2.05, 4.69) is 10.3 Å². The molecule has 1 fully saturated rings. The summed E-state index contributed by atoms with van der Waals surface area (Å²) in [5, 5.41) is 6.13. The number of rotatable bonds is 4. The molecule has 0 saturated carbocycles. The summed E-state index contributed by atoms with van der Waals surface area (Å²) in [4.78, 5) is 6.12. The number of hydrogen-bond donors (Lipinski definition) is 1. The summed E-state index contributed by atoms with van der Waals surface area (Å²) in [6, 6.07) is 6.49. The van der Waals surface area contributed by atoms with Crippen molar-refractivity contribution in [1.29, 1.82) is 0 Å². The maximum Gasteiger partial charge on any atom is 0.406 e. The number of halogens is 4. The Bertz CT molecular complexity index is 951. The maximum atomic E-state index is 14.4. The van der Waals surface area contributed by atoms with Gasteiger partial charge >= 0.3 is 6.18 Å². The van der Waals surface area contributed by atoms with Crippen molar-refractivity contribution < 1.29 is 17.6 Å². The van der Waals surface area contributed by atoms with E-state index >= 15 is 0 Å². The zero-order valence-corrected chi connectivity index (χ0v) is 16.0. The first-order chi connectivity index (χ1) is 13.3. The lowest BCUT2D eigenvalue weighted by molar-refractivity contribution is -0.139. The zero-order chi connectivity index (χ0) is 19.9. The van der Waals surface area contributed by atoms with Crippen molar-refractivity contribution in [2.45, 2.75) is 31.4 Å². The predicted molar refractivity (Wildman–Crippen MR) is 104 cm³/mol. The van der Waals surface area contributed by atoms with Crippen molar-refractivity contribution in [2.24, 2.45) is 0 Å². The smallest absolute Gasteiger partial charge is 0.379 e. The molecule has 1 N–H and O–H groups in total. The monoisotopic (exact) mass is 412 g/mol. The zero-order valence-electron chi connectivity index (χ0n) is 15.2. The summed E-state index contributed by atoms with van der Waals surface area (Å²) >= 11 is 1.29. The highest BCUT2D eigenvalue weighted by Gasteiger charge is 2.31. The van der Waals surface area contributed by atoms with Crippen molar-refractivity contribution >= 4 is 27.9 Å². The quantitative estimate of drug-likeness (QED) is 0.626. The van der Waals surface area contributed by atoms with Crippen molar-refractivity contribution in [3.8, 4) is 10.7 Å². The highest BCUT2D eigenvalue weighted by Crippen LogP contribution is 2.36. The minimum Gasteiger partial charge on any atom is -0.379 e. The molecule has 1 aliphatic heterocycles. The molecule has 0 aliphatic carbocycles. The second-order valence-electron chi connectivity index (χ2n) is 7.12. The van der Waals surface area contributed by atoms with E-state index < -0.39 is 18.9 Å². The first-order valence-electron chi connectivity index (χ1n) is 9.00. The van der Waals surface area contributed by atoms with Crippen LogP contribution in [0.5, 0.6) is 0 Å². The molecule has 2 atom stereocenters. The predicted octanol–water partition coefficient (Wildman–Crippen LogP) is 4.78. The summed E-state index contributed by atoms with van der Waals surface area (Å²) in [5.74, 6) is 0. The van der Waals surface area contributed by atoms with Gasteiger partial charge in [0.2, 0.25) is 0 Å². The second kappa shape index (κ2) is 7.36. The van der Waals surface area contributed by atoms with Crippen LogP contribution in [0.3, 0.4) is 0 Å². The third-order valence-electron chi connectivity index (χ3n) is 5.02. The van der Waals surface area contributed by atoms with Gasteiger partial charge in [-0.1, -0.05) is 6.07 Å². The van der Waals surface area contributed by atoms with Crippen LogP contribution in [0.2, 0.25) is 0 Å². The molecule has 1 aromatic carbocycles. The lowest BCUT2D eigenvalue weighted by atomic mass is 10.0. The highest BCUT2D eigenvalue weighted by molar-refractivity contribution is 7.13. The fourth-order valence-electron chi connectivity index (χ4n) is 3.71. The van der Waals surface area contributed by atoms with Gasteiger partial charge in [-0.2, -0.15) is 13.2 Å². The largest absolute Gasteiger partial charge is 0.406 e. The number of anilines is 1.